The van der Waals surface area contributed by atoms with Gasteiger partial charge in [0, 0.05) is 25.4 Å². The van der Waals surface area contributed by atoms with Crippen molar-refractivity contribution in [2.45, 2.75) is 31.2 Å². The van der Waals surface area contributed by atoms with E-state index in [0.717, 1.165) is 13.0 Å². The first-order chi connectivity index (χ1) is 8.31. The number of carbonyl (C=O) groups excluding carboxylic acids is 1. The number of hydrogen-bond acceptors (Lipinski definition) is 2. The quantitative estimate of drug-likeness (QED) is 0.829. The average Bonchev–Trinajstić information content (AvgIpc) is 2.90. The van der Waals surface area contributed by atoms with Crippen molar-refractivity contribution in [2.24, 2.45) is 0 Å². The van der Waals surface area contributed by atoms with Gasteiger partial charge in [0.15, 0.2) is 0 Å². The molecular weight excluding hydrogens is 212 g/mol. The van der Waals surface area contributed by atoms with E-state index in [9.17, 15) is 4.79 Å². The van der Waals surface area contributed by atoms with Gasteiger partial charge in [-0.3, -0.25) is 4.79 Å². The topological polar surface area (TPSA) is 41.1 Å². The molecule has 92 valence electrons. The van der Waals surface area contributed by atoms with Crippen LogP contribution in [0.4, 0.5) is 0 Å². The van der Waals surface area contributed by atoms with Crippen LogP contribution in [0.5, 0.6) is 0 Å². The smallest absolute Gasteiger partial charge is 0.220 e. The number of nitrogens with one attached hydrogen (secondary N) is 2. The largest absolute Gasteiger partial charge is 0.359 e. The van der Waals surface area contributed by atoms with Gasteiger partial charge >= 0.3 is 0 Å². The van der Waals surface area contributed by atoms with Crippen molar-refractivity contribution in [1.82, 2.24) is 10.6 Å². The predicted octanol–water partition coefficient (Wildman–Crippen LogP) is 1.66. The Morgan fingerprint density at radius 2 is 2.24 bits per heavy atom. The zero-order chi connectivity index (χ0) is 12.1. The van der Waals surface area contributed by atoms with Crippen LogP contribution in [0.3, 0.4) is 0 Å². The van der Waals surface area contributed by atoms with E-state index in [1.807, 2.05) is 18.2 Å². The molecule has 2 rings (SSSR count). The molecule has 1 amide bonds. The summed E-state index contributed by atoms with van der Waals surface area (Å²) in [7, 11) is 1.70. The van der Waals surface area contributed by atoms with Gasteiger partial charge in [0.1, 0.15) is 0 Å². The normalized spacial score (nSPS) is 21.1. The summed E-state index contributed by atoms with van der Waals surface area (Å²) < 4.78 is 0. The summed E-state index contributed by atoms with van der Waals surface area (Å²) in [5, 5.41) is 6.23. The maximum Gasteiger partial charge on any atom is 0.220 e. The van der Waals surface area contributed by atoms with E-state index in [0.29, 0.717) is 18.4 Å². The third-order valence-corrected chi connectivity index (χ3v) is 3.50. The van der Waals surface area contributed by atoms with Crippen LogP contribution < -0.4 is 10.6 Å². The van der Waals surface area contributed by atoms with Crippen LogP contribution in [0.15, 0.2) is 30.3 Å². The summed E-state index contributed by atoms with van der Waals surface area (Å²) in [6, 6.07) is 10.8. The van der Waals surface area contributed by atoms with Crippen LogP contribution in [-0.4, -0.2) is 25.5 Å². The molecule has 3 nitrogen and oxygen atoms in total. The molecule has 1 aliphatic rings. The van der Waals surface area contributed by atoms with Crippen LogP contribution in [0.25, 0.3) is 0 Å². The van der Waals surface area contributed by atoms with Crippen molar-refractivity contribution in [1.29, 1.82) is 0 Å². The molecule has 0 aliphatic carbocycles. The number of amides is 1. The summed E-state index contributed by atoms with van der Waals surface area (Å²) in [5.41, 5.74) is 1.26. The third-order valence-electron chi connectivity index (χ3n) is 3.50. The first-order valence-electron chi connectivity index (χ1n) is 6.30. The predicted molar refractivity (Wildman–Crippen MR) is 68.9 cm³/mol. The number of carbonyl (C=O) groups is 1. The summed E-state index contributed by atoms with van der Waals surface area (Å²) in [4.78, 5) is 11.6. The minimum absolute atomic E-state index is 0.118. The summed E-state index contributed by atoms with van der Waals surface area (Å²) in [6.45, 7) is 1.07. The van der Waals surface area contributed by atoms with E-state index in [1.165, 1.54) is 12.0 Å². The highest BCUT2D eigenvalue weighted by atomic mass is 16.1. The van der Waals surface area contributed by atoms with Gasteiger partial charge in [-0.15, -0.1) is 0 Å². The molecule has 0 spiro atoms. The molecule has 1 saturated heterocycles. The van der Waals surface area contributed by atoms with Crippen LogP contribution in [0.2, 0.25) is 0 Å². The van der Waals surface area contributed by atoms with Crippen molar-refractivity contribution in [3.05, 3.63) is 35.9 Å². The lowest BCUT2D eigenvalue weighted by atomic mass is 9.87. The Hall–Kier alpha value is -1.35. The fourth-order valence-corrected chi connectivity index (χ4v) is 2.55. The van der Waals surface area contributed by atoms with Crippen LogP contribution in [0.1, 0.15) is 30.7 Å². The molecule has 2 N–H and O–H groups in total. The molecule has 0 radical (unpaired) electrons. The molecule has 17 heavy (non-hydrogen) atoms. The van der Waals surface area contributed by atoms with Crippen LogP contribution >= 0.6 is 0 Å². The van der Waals surface area contributed by atoms with Crippen LogP contribution in [-0.2, 0) is 4.79 Å². The van der Waals surface area contributed by atoms with Gasteiger partial charge in [-0.05, 0) is 24.9 Å². The van der Waals surface area contributed by atoms with Crippen molar-refractivity contribution in [3.8, 4) is 0 Å². The third kappa shape index (κ3) is 3.07. The second-order valence-electron chi connectivity index (χ2n) is 4.60. The second-order valence-corrected chi connectivity index (χ2v) is 4.60. The average molecular weight is 232 g/mol. The molecule has 0 aromatic heterocycles. The van der Waals surface area contributed by atoms with Crippen LogP contribution in [0, 0.1) is 0 Å². The molecular formula is C14H20N2O. The van der Waals surface area contributed by atoms with Gasteiger partial charge in [0.25, 0.3) is 0 Å². The zero-order valence-electron chi connectivity index (χ0n) is 10.3. The minimum atomic E-state index is 0.118. The van der Waals surface area contributed by atoms with Gasteiger partial charge in [0.2, 0.25) is 5.91 Å². The number of benzene rings is 1. The Labute approximate surface area is 103 Å². The first kappa shape index (κ1) is 12.1. The zero-order valence-corrected chi connectivity index (χ0v) is 10.3. The van der Waals surface area contributed by atoms with Gasteiger partial charge in [-0.2, -0.15) is 0 Å². The Balaban J connectivity index is 2.14. The van der Waals surface area contributed by atoms with E-state index in [1.54, 1.807) is 7.05 Å². The molecule has 2 atom stereocenters. The molecule has 3 heteroatoms. The molecule has 1 aromatic carbocycles. The van der Waals surface area contributed by atoms with E-state index in [-0.39, 0.29) is 5.91 Å². The second kappa shape index (κ2) is 5.82. The lowest BCUT2D eigenvalue weighted by Gasteiger charge is -2.23. The highest BCUT2D eigenvalue weighted by Gasteiger charge is 2.27. The van der Waals surface area contributed by atoms with Gasteiger partial charge in [-0.25, -0.2) is 0 Å². The van der Waals surface area contributed by atoms with E-state index >= 15 is 0 Å². The van der Waals surface area contributed by atoms with E-state index in [4.69, 9.17) is 0 Å². The van der Waals surface area contributed by atoms with Gasteiger partial charge < -0.3 is 10.6 Å². The van der Waals surface area contributed by atoms with Crippen molar-refractivity contribution in [2.75, 3.05) is 13.6 Å². The maximum absolute atomic E-state index is 11.6. The minimum Gasteiger partial charge on any atom is -0.359 e. The summed E-state index contributed by atoms with van der Waals surface area (Å²) in [6.07, 6.45) is 2.94. The monoisotopic (exact) mass is 232 g/mol. The molecule has 1 heterocycles. The lowest BCUT2D eigenvalue weighted by molar-refractivity contribution is -0.121. The van der Waals surface area contributed by atoms with E-state index < -0.39 is 0 Å². The maximum atomic E-state index is 11.6. The van der Waals surface area contributed by atoms with Crippen molar-refractivity contribution in [3.63, 3.8) is 0 Å². The Bertz CT molecular complexity index is 358. The standard InChI is InChI=1S/C14H20N2O/c1-15-14(17)10-12(13-8-5-9-16-13)11-6-3-2-4-7-11/h2-4,6-7,12-13,16H,5,8-10H2,1H3,(H,15,17)/t12-,13-/m1/s1. The van der Waals surface area contributed by atoms with E-state index in [2.05, 4.69) is 22.8 Å². The lowest BCUT2D eigenvalue weighted by Crippen LogP contribution is -2.32. The Morgan fingerprint density at radius 3 is 2.82 bits per heavy atom. The highest BCUT2D eigenvalue weighted by Crippen LogP contribution is 2.28. The van der Waals surface area contributed by atoms with Crippen molar-refractivity contribution < 1.29 is 4.79 Å². The van der Waals surface area contributed by atoms with Gasteiger partial charge in [-0.1, -0.05) is 30.3 Å². The molecule has 0 unspecified atom stereocenters. The summed E-state index contributed by atoms with van der Waals surface area (Å²) in [5.74, 6) is 0.409. The van der Waals surface area contributed by atoms with Crippen molar-refractivity contribution >= 4 is 5.91 Å². The molecule has 0 bridgehead atoms. The molecule has 0 saturated carbocycles. The number of hydrogen-bond donors (Lipinski definition) is 2. The SMILES string of the molecule is CNC(=O)C[C@H](c1ccccc1)[C@H]1CCCN1. The first-order valence-corrected chi connectivity index (χ1v) is 6.30. The molecule has 1 aromatic rings. The summed E-state index contributed by atoms with van der Waals surface area (Å²) >= 11 is 0. The Kier molecular flexibility index (Phi) is 4.15. The highest BCUT2D eigenvalue weighted by molar-refractivity contribution is 5.76. The fourth-order valence-electron chi connectivity index (χ4n) is 2.55. The Morgan fingerprint density at radius 1 is 1.47 bits per heavy atom. The van der Waals surface area contributed by atoms with Gasteiger partial charge in [0.05, 0.1) is 0 Å². The molecule has 1 aliphatic heterocycles. The molecule has 1 fully saturated rings. The number of rotatable bonds is 4. The fraction of sp³-hybridized carbons (Fsp3) is 0.500.